The number of rotatable bonds is 3. The summed E-state index contributed by atoms with van der Waals surface area (Å²) in [7, 11) is 1.68. The van der Waals surface area contributed by atoms with Gasteiger partial charge in [-0.05, 0) is 51.5 Å². The minimum Gasteiger partial charge on any atom is -0.332 e. The second-order valence-corrected chi connectivity index (χ2v) is 6.78. The molecule has 0 spiro atoms. The summed E-state index contributed by atoms with van der Waals surface area (Å²) in [4.78, 5) is 28.1. The molecule has 1 aromatic heterocycles. The monoisotopic (exact) mass is 340 g/mol. The maximum Gasteiger partial charge on any atom is 0.246 e. The molecule has 0 saturated carbocycles. The molecule has 25 heavy (non-hydrogen) atoms. The molecule has 132 valence electrons. The number of benzene rings is 1. The Hall–Kier alpha value is -2.63. The largest absolute Gasteiger partial charge is 0.332 e. The number of piperazine rings is 1. The van der Waals surface area contributed by atoms with Crippen LogP contribution in [0.1, 0.15) is 30.8 Å². The molecule has 0 radical (unpaired) electrons. The Morgan fingerprint density at radius 1 is 1.04 bits per heavy atom. The summed E-state index contributed by atoms with van der Waals surface area (Å²) in [5, 5.41) is 4.51. The molecule has 3 rings (SSSR count). The van der Waals surface area contributed by atoms with E-state index < -0.39 is 12.1 Å². The van der Waals surface area contributed by atoms with Gasteiger partial charge >= 0.3 is 0 Å². The highest BCUT2D eigenvalue weighted by atomic mass is 16.2. The van der Waals surface area contributed by atoms with E-state index in [1.165, 1.54) is 4.90 Å². The Labute approximate surface area is 148 Å². The van der Waals surface area contributed by atoms with Crippen molar-refractivity contribution in [1.29, 1.82) is 0 Å². The molecule has 1 saturated heterocycles. The van der Waals surface area contributed by atoms with E-state index in [1.54, 1.807) is 25.8 Å². The number of aromatic nitrogens is 2. The normalized spacial score (nSPS) is 21.2. The topological polar surface area (TPSA) is 58.4 Å². The second-order valence-electron chi connectivity index (χ2n) is 6.78. The zero-order valence-electron chi connectivity index (χ0n) is 15.4. The molecule has 1 aliphatic heterocycles. The van der Waals surface area contributed by atoms with Gasteiger partial charge in [0, 0.05) is 19.3 Å². The van der Waals surface area contributed by atoms with Crippen molar-refractivity contribution in [2.45, 2.75) is 46.3 Å². The smallest absolute Gasteiger partial charge is 0.246 e. The molecule has 2 heterocycles. The fraction of sp³-hybridized carbons (Fsp3) is 0.421. The van der Waals surface area contributed by atoms with Gasteiger partial charge in [-0.15, -0.1) is 0 Å². The molecular weight excluding hydrogens is 316 g/mol. The zero-order chi connectivity index (χ0) is 18.3. The van der Waals surface area contributed by atoms with Crippen molar-refractivity contribution in [3.8, 4) is 5.69 Å². The summed E-state index contributed by atoms with van der Waals surface area (Å²) in [6.07, 6.45) is 0. The van der Waals surface area contributed by atoms with Gasteiger partial charge < -0.3 is 9.80 Å². The first-order chi connectivity index (χ1) is 11.8. The van der Waals surface area contributed by atoms with E-state index in [0.29, 0.717) is 6.54 Å². The van der Waals surface area contributed by atoms with Crippen LogP contribution >= 0.6 is 0 Å². The lowest BCUT2D eigenvalue weighted by molar-refractivity contribution is -0.159. The van der Waals surface area contributed by atoms with Crippen molar-refractivity contribution in [1.82, 2.24) is 19.6 Å². The van der Waals surface area contributed by atoms with Crippen molar-refractivity contribution in [3.63, 3.8) is 0 Å². The van der Waals surface area contributed by atoms with Crippen LogP contribution in [0.25, 0.3) is 5.69 Å². The maximum atomic E-state index is 12.6. The third-order valence-electron chi connectivity index (χ3n) is 4.91. The Morgan fingerprint density at radius 3 is 2.40 bits per heavy atom. The summed E-state index contributed by atoms with van der Waals surface area (Å²) in [5.74, 6) is -0.0482. The minimum absolute atomic E-state index is 0.0221. The van der Waals surface area contributed by atoms with E-state index in [2.05, 4.69) is 5.10 Å². The highest BCUT2D eigenvalue weighted by Crippen LogP contribution is 2.21. The molecule has 6 heteroatoms. The molecule has 2 aromatic rings. The average molecular weight is 340 g/mol. The van der Waals surface area contributed by atoms with Gasteiger partial charge in [0.25, 0.3) is 0 Å². The standard InChI is InChI=1S/C19H24N4O2/c1-12-9-13(2)23(20-12)17-8-6-7-16(10-17)11-22-15(4)18(24)21(5)14(3)19(22)25/h6-10,14-15H,11H2,1-5H3/t14-,15-/m0/s1. The van der Waals surface area contributed by atoms with Crippen LogP contribution in [-0.2, 0) is 16.1 Å². The number of aryl methyl sites for hydroxylation is 2. The number of likely N-dealkylation sites (N-methyl/N-ethyl adjacent to an activating group) is 1. The van der Waals surface area contributed by atoms with Crippen LogP contribution in [0.2, 0.25) is 0 Å². The Balaban J connectivity index is 1.88. The van der Waals surface area contributed by atoms with E-state index in [4.69, 9.17) is 0 Å². The predicted octanol–water partition coefficient (Wildman–Crippen LogP) is 2.07. The summed E-state index contributed by atoms with van der Waals surface area (Å²) in [6, 6.07) is 9.09. The van der Waals surface area contributed by atoms with Crippen molar-refractivity contribution < 1.29 is 9.59 Å². The summed E-state index contributed by atoms with van der Waals surface area (Å²) < 4.78 is 1.89. The van der Waals surface area contributed by atoms with Crippen molar-refractivity contribution in [3.05, 3.63) is 47.3 Å². The van der Waals surface area contributed by atoms with Gasteiger partial charge in [-0.1, -0.05) is 12.1 Å². The number of carbonyl (C=O) groups is 2. The highest BCUT2D eigenvalue weighted by Gasteiger charge is 2.39. The molecule has 1 aromatic carbocycles. The van der Waals surface area contributed by atoms with Gasteiger partial charge in [-0.25, -0.2) is 4.68 Å². The third-order valence-corrected chi connectivity index (χ3v) is 4.91. The van der Waals surface area contributed by atoms with Crippen LogP contribution in [-0.4, -0.2) is 50.5 Å². The Morgan fingerprint density at radius 2 is 1.76 bits per heavy atom. The number of amides is 2. The highest BCUT2D eigenvalue weighted by molar-refractivity contribution is 5.96. The molecule has 0 aliphatic carbocycles. The van der Waals surface area contributed by atoms with Crippen LogP contribution in [0.15, 0.2) is 30.3 Å². The van der Waals surface area contributed by atoms with Gasteiger partial charge in [0.2, 0.25) is 11.8 Å². The lowest BCUT2D eigenvalue weighted by Gasteiger charge is -2.41. The molecule has 2 atom stereocenters. The number of hydrogen-bond donors (Lipinski definition) is 0. The molecule has 0 N–H and O–H groups in total. The zero-order valence-corrected chi connectivity index (χ0v) is 15.4. The number of carbonyl (C=O) groups excluding carboxylic acids is 2. The van der Waals surface area contributed by atoms with E-state index >= 15 is 0 Å². The van der Waals surface area contributed by atoms with E-state index in [9.17, 15) is 9.59 Å². The maximum absolute atomic E-state index is 12.6. The Bertz CT molecular complexity index is 827. The molecule has 6 nitrogen and oxygen atoms in total. The minimum atomic E-state index is -0.453. The summed E-state index contributed by atoms with van der Waals surface area (Å²) in [5.41, 5.74) is 3.96. The summed E-state index contributed by atoms with van der Waals surface area (Å²) in [6.45, 7) is 7.94. The SMILES string of the molecule is Cc1cc(C)n(-c2cccc(CN3C(=O)[C@H](C)N(C)C(=O)[C@@H]3C)c2)n1. The van der Waals surface area contributed by atoms with Gasteiger partial charge in [0.15, 0.2) is 0 Å². The predicted molar refractivity (Wildman–Crippen MR) is 95.3 cm³/mol. The first kappa shape index (κ1) is 17.2. The molecule has 1 fully saturated rings. The second kappa shape index (κ2) is 6.35. The molecule has 1 aliphatic rings. The van der Waals surface area contributed by atoms with Crippen molar-refractivity contribution >= 4 is 11.8 Å². The molecule has 2 amide bonds. The van der Waals surface area contributed by atoms with Gasteiger partial charge in [0.1, 0.15) is 12.1 Å². The van der Waals surface area contributed by atoms with Gasteiger partial charge in [-0.3, -0.25) is 9.59 Å². The van der Waals surface area contributed by atoms with Crippen molar-refractivity contribution in [2.75, 3.05) is 7.05 Å². The van der Waals surface area contributed by atoms with Crippen LogP contribution in [0, 0.1) is 13.8 Å². The first-order valence-electron chi connectivity index (χ1n) is 8.49. The quantitative estimate of drug-likeness (QED) is 0.859. The third kappa shape index (κ3) is 3.04. The number of hydrogen-bond acceptors (Lipinski definition) is 3. The molecule has 0 bridgehead atoms. The lowest BCUT2D eigenvalue weighted by atomic mass is 10.1. The van der Waals surface area contributed by atoms with Crippen LogP contribution < -0.4 is 0 Å². The van der Waals surface area contributed by atoms with Gasteiger partial charge in [-0.2, -0.15) is 5.10 Å². The fourth-order valence-corrected chi connectivity index (χ4v) is 3.30. The van der Waals surface area contributed by atoms with E-state index in [1.807, 2.05) is 48.9 Å². The van der Waals surface area contributed by atoms with Crippen LogP contribution in [0.3, 0.4) is 0 Å². The van der Waals surface area contributed by atoms with E-state index in [-0.39, 0.29) is 11.8 Å². The molecular formula is C19H24N4O2. The first-order valence-corrected chi connectivity index (χ1v) is 8.49. The molecule has 0 unspecified atom stereocenters. The number of nitrogens with zero attached hydrogens (tertiary/aromatic N) is 4. The van der Waals surface area contributed by atoms with E-state index in [0.717, 1.165) is 22.6 Å². The van der Waals surface area contributed by atoms with Crippen LogP contribution in [0.5, 0.6) is 0 Å². The van der Waals surface area contributed by atoms with Crippen molar-refractivity contribution in [2.24, 2.45) is 0 Å². The summed E-state index contributed by atoms with van der Waals surface area (Å²) >= 11 is 0. The fourth-order valence-electron chi connectivity index (χ4n) is 3.30. The van der Waals surface area contributed by atoms with Crippen LogP contribution in [0.4, 0.5) is 0 Å². The lowest BCUT2D eigenvalue weighted by Crippen LogP contribution is -2.61. The Kier molecular flexibility index (Phi) is 4.37. The average Bonchev–Trinajstić information content (AvgIpc) is 2.94. The van der Waals surface area contributed by atoms with Gasteiger partial charge in [0.05, 0.1) is 11.4 Å².